The lowest BCUT2D eigenvalue weighted by Crippen LogP contribution is -2.34. The second kappa shape index (κ2) is 7.66. The molecule has 3 rings (SSSR count). The molecule has 142 valence electrons. The first-order valence-electron chi connectivity index (χ1n) is 8.87. The molecule has 2 aromatic rings. The summed E-state index contributed by atoms with van der Waals surface area (Å²) in [7, 11) is -0.514. The van der Waals surface area contributed by atoms with Crippen LogP contribution in [0.4, 0.5) is 0 Å². The van der Waals surface area contributed by atoms with Crippen LogP contribution in [-0.2, 0) is 10.0 Å². The van der Waals surface area contributed by atoms with E-state index in [1.54, 1.807) is 17.0 Å². The van der Waals surface area contributed by atoms with Gasteiger partial charge in [0.15, 0.2) is 0 Å². The molecule has 0 fully saturated rings. The molecule has 0 saturated carbocycles. The number of carbonyl (C=O) groups is 1. The highest BCUT2D eigenvalue weighted by Crippen LogP contribution is 2.24. The van der Waals surface area contributed by atoms with Gasteiger partial charge < -0.3 is 4.90 Å². The number of aryl methyl sites for hydroxylation is 1. The van der Waals surface area contributed by atoms with Crippen LogP contribution in [0.3, 0.4) is 0 Å². The summed E-state index contributed by atoms with van der Waals surface area (Å²) in [6.07, 6.45) is 2.90. The second-order valence-corrected chi connectivity index (χ2v) is 9.06. The molecule has 0 aromatic heterocycles. The number of amides is 1. The summed E-state index contributed by atoms with van der Waals surface area (Å²) in [6, 6.07) is 14.6. The molecule has 1 amide bonds. The molecule has 0 aliphatic carbocycles. The zero-order chi connectivity index (χ0) is 19.6. The fourth-order valence-electron chi connectivity index (χ4n) is 3.05. The van der Waals surface area contributed by atoms with Crippen LogP contribution in [0, 0.1) is 6.92 Å². The van der Waals surface area contributed by atoms with Crippen LogP contribution in [0.15, 0.2) is 59.5 Å². The Bertz CT molecular complexity index is 959. The third-order valence-corrected chi connectivity index (χ3v) is 6.63. The molecule has 5 nitrogen and oxygen atoms in total. The Morgan fingerprint density at radius 2 is 1.63 bits per heavy atom. The number of rotatable bonds is 4. The van der Waals surface area contributed by atoms with Gasteiger partial charge in [-0.2, -0.15) is 0 Å². The molecule has 0 atom stereocenters. The largest absolute Gasteiger partial charge is 0.335 e. The van der Waals surface area contributed by atoms with Crippen molar-refractivity contribution in [3.8, 4) is 0 Å². The van der Waals surface area contributed by atoms with E-state index in [4.69, 9.17) is 0 Å². The highest BCUT2D eigenvalue weighted by molar-refractivity contribution is 7.89. The van der Waals surface area contributed by atoms with E-state index in [2.05, 4.69) is 37.3 Å². The summed E-state index contributed by atoms with van der Waals surface area (Å²) in [5.41, 5.74) is 4.18. The Hall–Kier alpha value is -2.44. The van der Waals surface area contributed by atoms with Crippen LogP contribution in [0.25, 0.3) is 5.57 Å². The van der Waals surface area contributed by atoms with Crippen molar-refractivity contribution < 1.29 is 13.2 Å². The lowest BCUT2D eigenvalue weighted by Gasteiger charge is -2.27. The monoisotopic (exact) mass is 384 g/mol. The van der Waals surface area contributed by atoms with Crippen molar-refractivity contribution in [3.05, 3.63) is 71.3 Å². The van der Waals surface area contributed by atoms with Gasteiger partial charge in [-0.1, -0.05) is 35.9 Å². The zero-order valence-corrected chi connectivity index (χ0v) is 16.7. The van der Waals surface area contributed by atoms with E-state index in [-0.39, 0.29) is 10.8 Å². The van der Waals surface area contributed by atoms with Crippen molar-refractivity contribution in [1.29, 1.82) is 0 Å². The third kappa shape index (κ3) is 4.12. The first-order chi connectivity index (χ1) is 12.8. The molecular weight excluding hydrogens is 360 g/mol. The fraction of sp³-hybridized carbons (Fsp3) is 0.286. The molecule has 1 heterocycles. The Kier molecular flexibility index (Phi) is 5.48. The van der Waals surface area contributed by atoms with Gasteiger partial charge in [0.25, 0.3) is 5.91 Å². The minimum atomic E-state index is -3.49. The molecule has 0 saturated heterocycles. The molecule has 2 aromatic carbocycles. The second-order valence-electron chi connectivity index (χ2n) is 6.91. The van der Waals surface area contributed by atoms with Gasteiger partial charge in [0.05, 0.1) is 4.90 Å². The number of hydrogen-bond acceptors (Lipinski definition) is 3. The van der Waals surface area contributed by atoms with Crippen molar-refractivity contribution >= 4 is 21.5 Å². The molecule has 0 bridgehead atoms. The quantitative estimate of drug-likeness (QED) is 0.814. The van der Waals surface area contributed by atoms with Crippen molar-refractivity contribution in [3.63, 3.8) is 0 Å². The van der Waals surface area contributed by atoms with Gasteiger partial charge in [0, 0.05) is 32.7 Å². The molecular formula is C21H24N2O3S. The Morgan fingerprint density at radius 3 is 2.15 bits per heavy atom. The first-order valence-corrected chi connectivity index (χ1v) is 10.3. The van der Waals surface area contributed by atoms with Gasteiger partial charge in [-0.15, -0.1) is 0 Å². The number of sulfonamides is 1. The van der Waals surface area contributed by atoms with E-state index in [0.29, 0.717) is 18.7 Å². The van der Waals surface area contributed by atoms with Gasteiger partial charge in [-0.05, 0) is 48.7 Å². The van der Waals surface area contributed by atoms with E-state index < -0.39 is 10.0 Å². The summed E-state index contributed by atoms with van der Waals surface area (Å²) in [4.78, 5) is 14.7. The van der Waals surface area contributed by atoms with Gasteiger partial charge in [0.2, 0.25) is 10.0 Å². The van der Waals surface area contributed by atoms with Crippen molar-refractivity contribution in [1.82, 2.24) is 9.21 Å². The molecule has 6 heteroatoms. The zero-order valence-electron chi connectivity index (χ0n) is 15.8. The van der Waals surface area contributed by atoms with Crippen molar-refractivity contribution in [2.24, 2.45) is 0 Å². The molecule has 1 aliphatic rings. The summed E-state index contributed by atoms with van der Waals surface area (Å²) >= 11 is 0. The molecule has 0 radical (unpaired) electrons. The minimum absolute atomic E-state index is 0.0805. The lowest BCUT2D eigenvalue weighted by atomic mass is 9.98. The predicted octanol–water partition coefficient (Wildman–Crippen LogP) is 3.17. The van der Waals surface area contributed by atoms with Crippen molar-refractivity contribution in [2.75, 3.05) is 27.2 Å². The molecule has 27 heavy (non-hydrogen) atoms. The topological polar surface area (TPSA) is 57.7 Å². The Labute approximate surface area is 161 Å². The summed E-state index contributed by atoms with van der Waals surface area (Å²) in [6.45, 7) is 3.27. The Morgan fingerprint density at radius 1 is 1.00 bits per heavy atom. The molecule has 0 spiro atoms. The third-order valence-electron chi connectivity index (χ3n) is 4.80. The maximum atomic E-state index is 12.7. The number of benzene rings is 2. The standard InChI is InChI=1S/C21H24N2O3S/c1-16-4-6-17(7-5-16)18-12-14-23(15-13-18)21(24)19-8-10-20(11-9-19)27(25,26)22(2)3/h4-12H,13-15H2,1-3H3. The summed E-state index contributed by atoms with van der Waals surface area (Å²) in [5, 5.41) is 0. The predicted molar refractivity (Wildman–Crippen MR) is 107 cm³/mol. The number of nitrogens with zero attached hydrogens (tertiary/aromatic N) is 2. The number of hydrogen-bond donors (Lipinski definition) is 0. The smallest absolute Gasteiger partial charge is 0.254 e. The average molecular weight is 385 g/mol. The lowest BCUT2D eigenvalue weighted by molar-refractivity contribution is 0.0773. The molecule has 0 unspecified atom stereocenters. The highest BCUT2D eigenvalue weighted by atomic mass is 32.2. The number of carbonyl (C=O) groups excluding carboxylic acids is 1. The van der Waals surface area contributed by atoms with E-state index in [1.165, 1.54) is 42.9 Å². The summed E-state index contributed by atoms with van der Waals surface area (Å²) in [5.74, 6) is -0.0805. The van der Waals surface area contributed by atoms with E-state index in [1.807, 2.05) is 0 Å². The summed E-state index contributed by atoms with van der Waals surface area (Å²) < 4.78 is 25.4. The van der Waals surface area contributed by atoms with Crippen molar-refractivity contribution in [2.45, 2.75) is 18.2 Å². The SMILES string of the molecule is Cc1ccc(C2=CCN(C(=O)c3ccc(S(=O)(=O)N(C)C)cc3)CC2)cc1. The maximum Gasteiger partial charge on any atom is 0.254 e. The van der Waals surface area contributed by atoms with E-state index in [9.17, 15) is 13.2 Å². The highest BCUT2D eigenvalue weighted by Gasteiger charge is 2.21. The minimum Gasteiger partial charge on any atom is -0.335 e. The van der Waals surface area contributed by atoms with Crippen LogP contribution in [0.5, 0.6) is 0 Å². The van der Waals surface area contributed by atoms with E-state index in [0.717, 1.165) is 10.7 Å². The van der Waals surface area contributed by atoms with Crippen LogP contribution >= 0.6 is 0 Å². The maximum absolute atomic E-state index is 12.7. The Balaban J connectivity index is 1.71. The van der Waals surface area contributed by atoms with Crippen LogP contribution < -0.4 is 0 Å². The molecule has 0 N–H and O–H groups in total. The van der Waals surface area contributed by atoms with Gasteiger partial charge in [-0.3, -0.25) is 4.79 Å². The average Bonchev–Trinajstić information content (AvgIpc) is 2.68. The van der Waals surface area contributed by atoms with Crippen LogP contribution in [0.2, 0.25) is 0 Å². The van der Waals surface area contributed by atoms with Gasteiger partial charge in [-0.25, -0.2) is 12.7 Å². The van der Waals surface area contributed by atoms with Gasteiger partial charge >= 0.3 is 0 Å². The fourth-order valence-corrected chi connectivity index (χ4v) is 3.95. The van der Waals surface area contributed by atoms with E-state index >= 15 is 0 Å². The normalized spacial score (nSPS) is 15.0. The van der Waals surface area contributed by atoms with Crippen LogP contribution in [-0.4, -0.2) is 50.7 Å². The first kappa shape index (κ1) is 19.3. The van der Waals surface area contributed by atoms with Gasteiger partial charge in [0.1, 0.15) is 0 Å². The molecule has 1 aliphatic heterocycles. The van der Waals surface area contributed by atoms with Crippen LogP contribution in [0.1, 0.15) is 27.9 Å².